The number of hydrogen-bond donors (Lipinski definition) is 1. The number of ether oxygens (including phenoxy) is 2. The summed E-state index contributed by atoms with van der Waals surface area (Å²) in [6.07, 6.45) is 4.38. The topological polar surface area (TPSA) is 90.7 Å². The second kappa shape index (κ2) is 6.93. The van der Waals surface area contributed by atoms with Crippen molar-refractivity contribution in [3.8, 4) is 11.5 Å². The molecular weight excluding hydrogens is 288 g/mol. The van der Waals surface area contributed by atoms with E-state index in [1.165, 1.54) is 24.3 Å². The lowest BCUT2D eigenvalue weighted by molar-refractivity contribution is -0.385. The van der Waals surface area contributed by atoms with Crippen LogP contribution in [0.15, 0.2) is 18.2 Å². The third kappa shape index (κ3) is 3.55. The van der Waals surface area contributed by atoms with Gasteiger partial charge in [-0.2, -0.15) is 0 Å². The van der Waals surface area contributed by atoms with E-state index < -0.39 is 4.92 Å². The number of nitrogens with one attached hydrogen (secondary N) is 1. The van der Waals surface area contributed by atoms with Crippen LogP contribution < -0.4 is 14.8 Å². The Hall–Kier alpha value is -2.57. The Balaban J connectivity index is 2.19. The molecule has 0 spiro atoms. The van der Waals surface area contributed by atoms with E-state index in [0.717, 1.165) is 12.8 Å². The molecule has 0 saturated heterocycles. The van der Waals surface area contributed by atoms with Crippen LogP contribution >= 0.6 is 0 Å². The molecule has 0 saturated carbocycles. The van der Waals surface area contributed by atoms with Gasteiger partial charge in [0.05, 0.1) is 16.6 Å². The fourth-order valence-electron chi connectivity index (χ4n) is 2.15. The molecule has 0 fully saturated rings. The Labute approximate surface area is 128 Å². The largest absolute Gasteiger partial charge is 0.454 e. The standard InChI is InChI=1S/C15H18N2O5/c1-3-11(4-2)16-15(18)6-5-10-7-13-14(22-9-21-13)8-12(10)17(19)20/h5-8,11H,3-4,9H2,1-2H3,(H,16,18)/b6-5+. The number of fused-ring (bicyclic) bond motifs is 1. The molecule has 0 unspecified atom stereocenters. The van der Waals surface area contributed by atoms with E-state index in [2.05, 4.69) is 5.32 Å². The Bertz CT molecular complexity index is 608. The molecule has 0 atom stereocenters. The molecule has 1 N–H and O–H groups in total. The molecule has 1 aromatic rings. The zero-order chi connectivity index (χ0) is 16.1. The molecule has 0 aromatic heterocycles. The average Bonchev–Trinajstić information content (AvgIpc) is 2.96. The van der Waals surface area contributed by atoms with Crippen molar-refractivity contribution in [1.82, 2.24) is 5.32 Å². The second-order valence-electron chi connectivity index (χ2n) is 4.88. The molecule has 1 aliphatic rings. The number of hydrogen-bond acceptors (Lipinski definition) is 5. The summed E-state index contributed by atoms with van der Waals surface area (Å²) in [6.45, 7) is 4.01. The van der Waals surface area contributed by atoms with Crippen LogP contribution in [0, 0.1) is 10.1 Å². The van der Waals surface area contributed by atoms with Gasteiger partial charge >= 0.3 is 0 Å². The van der Waals surface area contributed by atoms with Crippen molar-refractivity contribution in [3.05, 3.63) is 33.9 Å². The van der Waals surface area contributed by atoms with Gasteiger partial charge in [-0.3, -0.25) is 14.9 Å². The number of carbonyl (C=O) groups excluding carboxylic acids is 1. The number of nitro benzene ring substituents is 1. The molecule has 22 heavy (non-hydrogen) atoms. The van der Waals surface area contributed by atoms with E-state index in [1.54, 1.807) is 0 Å². The highest BCUT2D eigenvalue weighted by molar-refractivity contribution is 5.92. The molecule has 1 amide bonds. The summed E-state index contributed by atoms with van der Waals surface area (Å²) >= 11 is 0. The maximum Gasteiger partial charge on any atom is 0.280 e. The quantitative estimate of drug-likeness (QED) is 0.495. The molecular formula is C15H18N2O5. The van der Waals surface area contributed by atoms with Crippen LogP contribution in [0.4, 0.5) is 5.69 Å². The average molecular weight is 306 g/mol. The summed E-state index contributed by atoms with van der Waals surface area (Å²) in [5.74, 6) is 0.497. The van der Waals surface area contributed by atoms with Crippen molar-refractivity contribution >= 4 is 17.7 Å². The summed E-state index contributed by atoms with van der Waals surface area (Å²) in [6, 6.07) is 2.91. The van der Waals surface area contributed by atoms with Crippen LogP contribution in [0.1, 0.15) is 32.3 Å². The first-order chi connectivity index (χ1) is 10.5. The molecule has 2 rings (SSSR count). The Kier molecular flexibility index (Phi) is 4.98. The summed E-state index contributed by atoms with van der Waals surface area (Å²) in [5.41, 5.74) is 0.171. The summed E-state index contributed by atoms with van der Waals surface area (Å²) in [7, 11) is 0. The third-order valence-corrected chi connectivity index (χ3v) is 3.46. The third-order valence-electron chi connectivity index (χ3n) is 3.46. The van der Waals surface area contributed by atoms with Gasteiger partial charge in [-0.15, -0.1) is 0 Å². The second-order valence-corrected chi connectivity index (χ2v) is 4.88. The lowest BCUT2D eigenvalue weighted by atomic mass is 10.1. The highest BCUT2D eigenvalue weighted by Gasteiger charge is 2.22. The van der Waals surface area contributed by atoms with Gasteiger partial charge in [0.25, 0.3) is 5.69 Å². The Morgan fingerprint density at radius 3 is 2.59 bits per heavy atom. The Morgan fingerprint density at radius 2 is 2.00 bits per heavy atom. The number of amides is 1. The van der Waals surface area contributed by atoms with E-state index in [9.17, 15) is 14.9 Å². The minimum absolute atomic E-state index is 0.0365. The SMILES string of the molecule is CCC(CC)NC(=O)/C=C/c1cc2c(cc1[N+](=O)[O-])OCO2. The van der Waals surface area contributed by atoms with E-state index in [-0.39, 0.29) is 24.4 Å². The molecule has 0 radical (unpaired) electrons. The minimum Gasteiger partial charge on any atom is -0.454 e. The van der Waals surface area contributed by atoms with Crippen molar-refractivity contribution < 1.29 is 19.2 Å². The summed E-state index contributed by atoms with van der Waals surface area (Å²) in [4.78, 5) is 22.4. The van der Waals surface area contributed by atoms with Crippen LogP contribution in [-0.4, -0.2) is 23.7 Å². The van der Waals surface area contributed by atoms with Gasteiger partial charge in [0, 0.05) is 12.1 Å². The first-order valence-corrected chi connectivity index (χ1v) is 7.11. The normalized spacial score (nSPS) is 12.9. The highest BCUT2D eigenvalue weighted by atomic mass is 16.7. The monoisotopic (exact) mass is 306 g/mol. The lowest BCUT2D eigenvalue weighted by Crippen LogP contribution is -2.32. The number of rotatable bonds is 6. The lowest BCUT2D eigenvalue weighted by Gasteiger charge is -2.12. The molecule has 7 nitrogen and oxygen atoms in total. The van der Waals surface area contributed by atoms with Crippen molar-refractivity contribution in [2.24, 2.45) is 0 Å². The predicted molar refractivity (Wildman–Crippen MR) is 80.8 cm³/mol. The van der Waals surface area contributed by atoms with Gasteiger partial charge in [0.2, 0.25) is 12.7 Å². The first kappa shape index (κ1) is 15.8. The predicted octanol–water partition coefficient (Wildman–Crippen LogP) is 2.64. The number of nitro groups is 1. The Morgan fingerprint density at radius 1 is 1.36 bits per heavy atom. The molecule has 1 aliphatic heterocycles. The molecule has 1 aromatic carbocycles. The van der Waals surface area contributed by atoms with Crippen molar-refractivity contribution in [1.29, 1.82) is 0 Å². The molecule has 7 heteroatoms. The van der Waals surface area contributed by atoms with E-state index in [1.807, 2.05) is 13.8 Å². The smallest absolute Gasteiger partial charge is 0.280 e. The molecule has 1 heterocycles. The van der Waals surface area contributed by atoms with E-state index in [4.69, 9.17) is 9.47 Å². The fourth-order valence-corrected chi connectivity index (χ4v) is 2.15. The highest BCUT2D eigenvalue weighted by Crippen LogP contribution is 2.38. The maximum atomic E-state index is 11.8. The first-order valence-electron chi connectivity index (χ1n) is 7.11. The van der Waals surface area contributed by atoms with Gasteiger partial charge in [-0.1, -0.05) is 13.8 Å². The number of carbonyl (C=O) groups is 1. The van der Waals surface area contributed by atoms with E-state index in [0.29, 0.717) is 17.1 Å². The number of nitrogens with zero attached hydrogens (tertiary/aromatic N) is 1. The molecule has 0 bridgehead atoms. The molecule has 0 aliphatic carbocycles. The number of benzene rings is 1. The summed E-state index contributed by atoms with van der Waals surface area (Å²) in [5, 5.41) is 13.9. The van der Waals surface area contributed by atoms with Gasteiger partial charge in [-0.25, -0.2) is 0 Å². The van der Waals surface area contributed by atoms with Gasteiger partial charge in [-0.05, 0) is 25.0 Å². The zero-order valence-electron chi connectivity index (χ0n) is 12.5. The summed E-state index contributed by atoms with van der Waals surface area (Å²) < 4.78 is 10.3. The van der Waals surface area contributed by atoms with Crippen molar-refractivity contribution in [2.45, 2.75) is 32.7 Å². The minimum atomic E-state index is -0.513. The maximum absolute atomic E-state index is 11.8. The van der Waals surface area contributed by atoms with Gasteiger partial charge in [0.15, 0.2) is 11.5 Å². The van der Waals surface area contributed by atoms with Crippen LogP contribution in [0.25, 0.3) is 6.08 Å². The van der Waals surface area contributed by atoms with Crippen molar-refractivity contribution in [2.75, 3.05) is 6.79 Å². The van der Waals surface area contributed by atoms with Gasteiger partial charge in [0.1, 0.15) is 0 Å². The molecule has 118 valence electrons. The van der Waals surface area contributed by atoms with E-state index >= 15 is 0 Å². The van der Waals surface area contributed by atoms with Crippen LogP contribution in [0.3, 0.4) is 0 Å². The van der Waals surface area contributed by atoms with Crippen molar-refractivity contribution in [3.63, 3.8) is 0 Å². The van der Waals surface area contributed by atoms with Crippen LogP contribution in [-0.2, 0) is 4.79 Å². The van der Waals surface area contributed by atoms with Gasteiger partial charge < -0.3 is 14.8 Å². The van der Waals surface area contributed by atoms with Crippen LogP contribution in [0.5, 0.6) is 11.5 Å². The van der Waals surface area contributed by atoms with Crippen LogP contribution in [0.2, 0.25) is 0 Å². The fraction of sp³-hybridized carbons (Fsp3) is 0.400. The zero-order valence-corrected chi connectivity index (χ0v) is 12.5.